The van der Waals surface area contributed by atoms with E-state index in [9.17, 15) is 118 Å². The predicted octanol–water partition coefficient (Wildman–Crippen LogP) is 17.3. The highest BCUT2D eigenvalue weighted by Crippen LogP contribution is 2.48. The van der Waals surface area contributed by atoms with Crippen molar-refractivity contribution >= 4 is 69.0 Å². The van der Waals surface area contributed by atoms with Crippen LogP contribution in [-0.4, -0.2) is 120 Å². The van der Waals surface area contributed by atoms with Crippen LogP contribution in [0.1, 0.15) is 150 Å². The van der Waals surface area contributed by atoms with Crippen molar-refractivity contribution in [3.8, 4) is 33.4 Å². The molecule has 4 atom stereocenters. The molecule has 10 aromatic heterocycles. The summed E-state index contributed by atoms with van der Waals surface area (Å²) >= 11 is 1.50. The van der Waals surface area contributed by atoms with Gasteiger partial charge in [-0.3, -0.25) is 38.9 Å². The second-order valence-electron chi connectivity index (χ2n) is 35.2. The van der Waals surface area contributed by atoms with Crippen LogP contribution in [0.2, 0.25) is 0 Å². The Balaban J connectivity index is 0.000000155. The van der Waals surface area contributed by atoms with Crippen LogP contribution in [0, 0.1) is 15.2 Å². The molecule has 145 heavy (non-hydrogen) atoms. The van der Waals surface area contributed by atoms with E-state index >= 15 is 0 Å². The molecule has 0 aliphatic heterocycles. The van der Waals surface area contributed by atoms with Gasteiger partial charge in [0, 0.05) is 147 Å². The monoisotopic (exact) mass is 2140 g/mol. The molecule has 0 radical (unpaired) electrons. The molecule has 0 unspecified atom stereocenters. The molecule has 10 heterocycles. The molecule has 43 heteroatoms. The quantitative estimate of drug-likeness (QED) is 0.0182. The Hall–Kier alpha value is -14.1. The van der Waals surface area contributed by atoms with Gasteiger partial charge in [-0.25, -0.2) is 28.5 Å². The fourth-order valence-electron chi connectivity index (χ4n) is 20.1. The molecule has 762 valence electrons. The normalized spacial score (nSPS) is 14.4. The van der Waals surface area contributed by atoms with E-state index in [0.717, 1.165) is 16.7 Å². The van der Waals surface area contributed by atoms with Crippen molar-refractivity contribution in [3.63, 3.8) is 0 Å². The van der Waals surface area contributed by atoms with Crippen molar-refractivity contribution in [2.75, 3.05) is 19.5 Å². The minimum Gasteiger partial charge on any atom is -0.480 e. The molecular weight excluding hydrogens is 2050 g/mol. The van der Waals surface area contributed by atoms with E-state index in [1.165, 1.54) is 144 Å². The van der Waals surface area contributed by atoms with Gasteiger partial charge in [0.05, 0.1) is 62.3 Å². The minimum absolute atomic E-state index is 0.0100. The molecule has 0 saturated carbocycles. The first-order valence-electron chi connectivity index (χ1n) is 45.6. The summed E-state index contributed by atoms with van der Waals surface area (Å²) in [5, 5.41) is 17.5. The number of anilines is 1. The predicted molar refractivity (Wildman–Crippen MR) is 508 cm³/mol. The number of rotatable bonds is 22. The molecule has 0 spiro atoms. The number of imidazole rings is 3. The molecule has 1 amide bonds. The second-order valence-corrected chi connectivity index (χ2v) is 36.3. The molecule has 14 aromatic rings. The topological polar surface area (TPSA) is 309 Å². The van der Waals surface area contributed by atoms with Crippen LogP contribution >= 0.6 is 22.6 Å². The standard InChI is InChI=1S/C40H35F3N4O3.C31H27F8N5O4.C21H21F3N4O3.C10H9F3INO/c1-46-33-20-12-19-30(33)35(40(41,42)43)34(37(46)48)31-22-21-29(47-24-23-44-36(31)47)25-32(38(49)50-2)45-39(26-13-6-3-7-14-26,27-15-8-4-9-16-27)28-17-10-5-11-18-28;1-3-22(30(34,35)36)41-14-11-18(32)24(19(33)12-14)27(45)42-20(29(47)48)13-15-7-8-17(26-40-9-10-44(15)26)23-25(31(37,38)39)16-5-4-6-21(16)43(2)28(23)46;1-27-15-5-3-4-12(15)17(21(22,23)24)16(19(27)29)13-7-6-11(10-14(25)20(30)31-2)28-9-8-26-18(13)28;1-15-6-4-2-3-5(6)7(10(11,12)13)8(14)9(15)16/h3-11,13-18,21-24,32,45H,12,19-20,25H2,1-2H3;7-12,20,22,41H,3-6,13H2,1-2H3,(H,42,45)(H,47,48);6-9,14H,3-5,10,25H2,1-2H3;2-4H2,1H3/t32-;20-,22+;14-;/m000./s1. The van der Waals surface area contributed by atoms with Gasteiger partial charge in [0.25, 0.3) is 28.1 Å². The minimum atomic E-state index is -4.88. The van der Waals surface area contributed by atoms with Gasteiger partial charge in [-0.05, 0) is 194 Å². The molecule has 6 N–H and O–H groups in total. The van der Waals surface area contributed by atoms with E-state index in [0.29, 0.717) is 104 Å². The number of alkyl halides is 15. The van der Waals surface area contributed by atoms with Gasteiger partial charge in [-0.1, -0.05) is 97.9 Å². The van der Waals surface area contributed by atoms with Crippen LogP contribution in [0.5, 0.6) is 0 Å². The number of ether oxygens (including phenoxy) is 2. The third-order valence-corrected chi connectivity index (χ3v) is 27.7. The number of methoxy groups -OCH3 is 2. The van der Waals surface area contributed by atoms with Crippen molar-refractivity contribution < 1.29 is 108 Å². The molecule has 18 rings (SSSR count). The van der Waals surface area contributed by atoms with Crippen molar-refractivity contribution in [1.82, 2.24) is 57.1 Å². The van der Waals surface area contributed by atoms with Gasteiger partial charge >= 0.3 is 48.8 Å². The van der Waals surface area contributed by atoms with Gasteiger partial charge in [0.1, 0.15) is 58.3 Å². The lowest BCUT2D eigenvalue weighted by Gasteiger charge is -2.39. The maximum atomic E-state index is 14.8. The summed E-state index contributed by atoms with van der Waals surface area (Å²) in [6.07, 6.45) is -10.7. The largest absolute Gasteiger partial charge is 0.480 e. The number of carboxylic acids is 1. The number of aromatic nitrogens is 10. The van der Waals surface area contributed by atoms with E-state index < -0.39 is 181 Å². The van der Waals surface area contributed by atoms with E-state index in [1.807, 2.05) is 102 Å². The number of benzene rings is 4. The SMILES string of the molecule is CC[C@@H](Nc1cc(F)c(C(=O)N[C@@H](Cc2ccc(-c3c(C(F)(F)F)c4c(n(C)c3=O)CCC4)c3nccn23)C(=O)O)c(F)c1)C(F)(F)F.COC(=O)[C@@H](N)Cc1ccc(-c2c(C(F)(F)F)c3c(n(C)c2=O)CCC3)c2nccn12.COC(=O)[C@H](Cc1ccc(-c2c(C(F)(F)F)c3c(n(C)c2=O)CCC3)c2nccn12)NC(c1ccccc1)(c1ccccc1)c1ccccc1.Cn1c2c(c(C(F)(F)F)c(I)c1=O)CCC2. The number of hydrogen-bond donors (Lipinski definition) is 5. The number of nitrogens with two attached hydrogens (primary N) is 1. The maximum Gasteiger partial charge on any atom is 0.417 e. The summed E-state index contributed by atoms with van der Waals surface area (Å²) in [5.41, 5.74) is 1.59. The van der Waals surface area contributed by atoms with Crippen molar-refractivity contribution in [2.24, 2.45) is 33.9 Å². The second kappa shape index (κ2) is 41.5. The van der Waals surface area contributed by atoms with Gasteiger partial charge in [0.15, 0.2) is 0 Å². The fraction of sp³-hybridized carbons (Fsp3) is 0.324. The number of hydrogen-bond acceptors (Lipinski definition) is 16. The number of carbonyl (C=O) groups is 4. The lowest BCUT2D eigenvalue weighted by atomic mass is 9.76. The van der Waals surface area contributed by atoms with E-state index in [4.69, 9.17) is 10.5 Å². The molecular formula is C102H92F17IN14O11. The number of fused-ring (bicyclic) bond motifs is 7. The zero-order valence-corrected chi connectivity index (χ0v) is 80.4. The fourth-order valence-corrected chi connectivity index (χ4v) is 21.1. The number of carboxylic acid groups (broad SMARTS) is 1. The summed E-state index contributed by atoms with van der Waals surface area (Å²) in [5.74, 6) is -7.43. The third-order valence-electron chi connectivity index (χ3n) is 26.7. The highest BCUT2D eigenvalue weighted by Gasteiger charge is 2.48. The maximum absolute atomic E-state index is 14.8. The zero-order chi connectivity index (χ0) is 105. The molecule has 25 nitrogen and oxygen atoms in total. The van der Waals surface area contributed by atoms with E-state index in [1.54, 1.807) is 33.3 Å². The van der Waals surface area contributed by atoms with Gasteiger partial charge in [0.2, 0.25) is 0 Å². The van der Waals surface area contributed by atoms with Crippen LogP contribution in [-0.2, 0) is 153 Å². The Kier molecular flexibility index (Phi) is 30.1. The lowest BCUT2D eigenvalue weighted by Crippen LogP contribution is -2.53. The first kappa shape index (κ1) is 105. The Morgan fingerprint density at radius 3 is 1.09 bits per heavy atom. The van der Waals surface area contributed by atoms with Crippen molar-refractivity contribution in [3.05, 3.63) is 340 Å². The summed E-state index contributed by atoms with van der Waals surface area (Å²) in [4.78, 5) is 115. The Morgan fingerprint density at radius 1 is 0.448 bits per heavy atom. The van der Waals surface area contributed by atoms with Crippen LogP contribution < -0.4 is 43.9 Å². The number of nitrogens with zero attached hydrogens (tertiary/aromatic N) is 10. The Morgan fingerprint density at radius 2 is 0.772 bits per heavy atom. The first-order valence-corrected chi connectivity index (χ1v) is 46.7. The lowest BCUT2D eigenvalue weighted by molar-refractivity contribution is -0.144. The third kappa shape index (κ3) is 20.5. The number of esters is 2. The summed E-state index contributed by atoms with van der Waals surface area (Å²) in [6, 6.07) is 33.1. The van der Waals surface area contributed by atoms with Crippen molar-refractivity contribution in [2.45, 2.75) is 170 Å². The van der Waals surface area contributed by atoms with Gasteiger partial charge in [-0.15, -0.1) is 0 Å². The average molecular weight is 2140 g/mol. The van der Waals surface area contributed by atoms with Crippen LogP contribution in [0.15, 0.2) is 196 Å². The zero-order valence-electron chi connectivity index (χ0n) is 78.2. The molecule has 0 fully saturated rings. The Labute approximate surface area is 827 Å². The summed E-state index contributed by atoms with van der Waals surface area (Å²) in [7, 11) is 8.49. The van der Waals surface area contributed by atoms with Crippen LogP contribution in [0.4, 0.5) is 80.3 Å². The molecule has 4 aliphatic rings. The van der Waals surface area contributed by atoms with E-state index in [-0.39, 0.29) is 97.4 Å². The van der Waals surface area contributed by atoms with Crippen LogP contribution in [0.3, 0.4) is 0 Å². The smallest absolute Gasteiger partial charge is 0.417 e. The van der Waals surface area contributed by atoms with Crippen LogP contribution in [0.25, 0.3) is 50.3 Å². The molecule has 0 bridgehead atoms. The molecule has 4 aliphatic carbocycles. The number of carbonyl (C=O) groups excluding carboxylic acids is 3. The molecule has 4 aromatic carbocycles. The highest BCUT2D eigenvalue weighted by molar-refractivity contribution is 14.1. The number of nitrogens with one attached hydrogen (secondary N) is 3. The average Bonchev–Trinajstić information content (AvgIpc) is 1.65. The number of aliphatic carboxylic acids is 1. The molecule has 0 saturated heterocycles. The van der Waals surface area contributed by atoms with Gasteiger partial charge in [-0.2, -0.15) is 65.9 Å². The van der Waals surface area contributed by atoms with Crippen molar-refractivity contribution in [1.29, 1.82) is 0 Å². The number of halogens is 18. The first-order chi connectivity index (χ1) is 68.6. The summed E-state index contributed by atoms with van der Waals surface area (Å²) in [6.45, 7) is 1.20. The Bertz CT molecular complexity index is 7520. The number of amides is 1. The van der Waals surface area contributed by atoms with E-state index in [2.05, 4.69) is 25.0 Å². The summed E-state index contributed by atoms with van der Waals surface area (Å²) < 4.78 is 257. The van der Waals surface area contributed by atoms with Gasteiger partial charge < -0.3 is 62.4 Å². The highest BCUT2D eigenvalue weighted by atomic mass is 127. The number of pyridine rings is 7.